The summed E-state index contributed by atoms with van der Waals surface area (Å²) in [7, 11) is -1.82. The maximum atomic E-state index is 12.9. The van der Waals surface area contributed by atoms with Crippen molar-refractivity contribution in [2.45, 2.75) is 17.7 Å². The second-order valence-corrected chi connectivity index (χ2v) is 10.7. The molecule has 2 aromatic carbocycles. The third-order valence-electron chi connectivity index (χ3n) is 6.08. The van der Waals surface area contributed by atoms with Gasteiger partial charge in [0.2, 0.25) is 5.91 Å². The van der Waals surface area contributed by atoms with Crippen molar-refractivity contribution in [1.29, 1.82) is 0 Å². The zero-order chi connectivity index (χ0) is 22.7. The van der Waals surface area contributed by atoms with Gasteiger partial charge in [0.25, 0.3) is 0 Å². The molecule has 0 bridgehead atoms. The summed E-state index contributed by atoms with van der Waals surface area (Å²) in [5.74, 6) is -0.168. The molecule has 0 N–H and O–H groups in total. The van der Waals surface area contributed by atoms with Crippen LogP contribution in [0, 0.1) is 5.92 Å². The van der Waals surface area contributed by atoms with Crippen LogP contribution in [0.25, 0.3) is 10.8 Å². The van der Waals surface area contributed by atoms with Crippen LogP contribution in [0.1, 0.15) is 12.8 Å². The molecule has 1 aliphatic rings. The number of anilines is 1. The minimum absolute atomic E-state index is 0.0164. The molecule has 168 valence electrons. The smallest absolute Gasteiger partial charge is 0.225 e. The van der Waals surface area contributed by atoms with Crippen molar-refractivity contribution in [3.8, 4) is 0 Å². The summed E-state index contributed by atoms with van der Waals surface area (Å²) < 4.78 is 25.7. The monoisotopic (exact) mass is 471 g/mol. The van der Waals surface area contributed by atoms with E-state index in [2.05, 4.69) is 9.88 Å². The molecule has 0 unspecified atom stereocenters. The summed E-state index contributed by atoms with van der Waals surface area (Å²) in [6, 6.07) is 14.3. The van der Waals surface area contributed by atoms with Crippen molar-refractivity contribution in [3.05, 3.63) is 65.9 Å². The quantitative estimate of drug-likeness (QED) is 0.542. The van der Waals surface area contributed by atoms with Gasteiger partial charge in [-0.1, -0.05) is 23.7 Å². The highest BCUT2D eigenvalue weighted by Gasteiger charge is 2.28. The summed E-state index contributed by atoms with van der Waals surface area (Å²) in [5.41, 5.74) is 1.11. The number of fused-ring (bicyclic) bond motifs is 1. The van der Waals surface area contributed by atoms with Crippen molar-refractivity contribution in [1.82, 2.24) is 9.88 Å². The highest BCUT2D eigenvalue weighted by molar-refractivity contribution is 7.91. The molecule has 32 heavy (non-hydrogen) atoms. The SMILES string of the molecule is CN(CCS(=O)(=O)c1ccc2cc(Cl)ccc2c1)C(=O)C1CCN(c2ccncc2)CC1. The summed E-state index contributed by atoms with van der Waals surface area (Å²) >= 11 is 6.00. The predicted octanol–water partition coefficient (Wildman–Crippen LogP) is 4.04. The van der Waals surface area contributed by atoms with Gasteiger partial charge in [0, 0.05) is 55.7 Å². The molecule has 0 aliphatic carbocycles. The molecule has 6 nitrogen and oxygen atoms in total. The first kappa shape index (κ1) is 22.6. The van der Waals surface area contributed by atoms with Crippen molar-refractivity contribution in [2.24, 2.45) is 5.92 Å². The van der Waals surface area contributed by atoms with E-state index in [0.29, 0.717) is 5.02 Å². The second kappa shape index (κ2) is 9.46. The van der Waals surface area contributed by atoms with Crippen molar-refractivity contribution >= 4 is 43.8 Å². The first-order chi connectivity index (χ1) is 15.3. The van der Waals surface area contributed by atoms with E-state index in [-0.39, 0.29) is 29.0 Å². The molecule has 1 fully saturated rings. The lowest BCUT2D eigenvalue weighted by molar-refractivity contribution is -0.134. The van der Waals surface area contributed by atoms with Gasteiger partial charge in [0.05, 0.1) is 10.6 Å². The van der Waals surface area contributed by atoms with E-state index in [1.165, 1.54) is 0 Å². The summed E-state index contributed by atoms with van der Waals surface area (Å²) in [6.07, 6.45) is 5.05. The maximum absolute atomic E-state index is 12.9. The van der Waals surface area contributed by atoms with Crippen LogP contribution in [0.3, 0.4) is 0 Å². The van der Waals surface area contributed by atoms with E-state index in [9.17, 15) is 13.2 Å². The van der Waals surface area contributed by atoms with Gasteiger partial charge in [0.15, 0.2) is 9.84 Å². The number of halogens is 1. The molecule has 1 aliphatic heterocycles. The summed E-state index contributed by atoms with van der Waals surface area (Å²) in [6.45, 7) is 1.77. The normalized spacial score (nSPS) is 15.1. The number of carbonyl (C=O) groups is 1. The van der Waals surface area contributed by atoms with Crippen LogP contribution in [0.4, 0.5) is 5.69 Å². The fraction of sp³-hybridized carbons (Fsp3) is 0.333. The molecule has 0 atom stereocenters. The van der Waals surface area contributed by atoms with Gasteiger partial charge in [-0.2, -0.15) is 0 Å². The summed E-state index contributed by atoms with van der Waals surface area (Å²) in [5, 5.41) is 2.32. The Morgan fingerprint density at radius 2 is 1.72 bits per heavy atom. The Kier molecular flexibility index (Phi) is 6.67. The molecule has 1 amide bonds. The number of nitrogens with zero attached hydrogens (tertiary/aromatic N) is 3. The second-order valence-electron chi connectivity index (χ2n) is 8.20. The number of rotatable bonds is 6. The van der Waals surface area contributed by atoms with Crippen LogP contribution in [0.5, 0.6) is 0 Å². The van der Waals surface area contributed by atoms with Gasteiger partial charge in [-0.3, -0.25) is 9.78 Å². The van der Waals surface area contributed by atoms with Gasteiger partial charge in [-0.05, 0) is 60.0 Å². The highest BCUT2D eigenvalue weighted by atomic mass is 35.5. The molecular weight excluding hydrogens is 446 g/mol. The van der Waals surface area contributed by atoms with Crippen LogP contribution in [0.15, 0.2) is 65.8 Å². The Morgan fingerprint density at radius 1 is 1.06 bits per heavy atom. The van der Waals surface area contributed by atoms with E-state index in [0.717, 1.165) is 42.4 Å². The molecule has 0 radical (unpaired) electrons. The first-order valence-corrected chi connectivity index (χ1v) is 12.7. The van der Waals surface area contributed by atoms with E-state index in [4.69, 9.17) is 11.6 Å². The van der Waals surface area contributed by atoms with Gasteiger partial charge in [-0.25, -0.2) is 8.42 Å². The van der Waals surface area contributed by atoms with E-state index in [1.54, 1.807) is 54.7 Å². The highest BCUT2D eigenvalue weighted by Crippen LogP contribution is 2.25. The maximum Gasteiger partial charge on any atom is 0.225 e. The molecule has 2 heterocycles. The Labute approximate surface area is 193 Å². The van der Waals surface area contributed by atoms with Crippen molar-refractivity contribution in [2.75, 3.05) is 37.3 Å². The minimum Gasteiger partial charge on any atom is -0.371 e. The number of benzene rings is 2. The number of pyridine rings is 1. The van der Waals surface area contributed by atoms with Gasteiger partial charge in [-0.15, -0.1) is 0 Å². The van der Waals surface area contributed by atoms with Crippen LogP contribution < -0.4 is 4.90 Å². The lowest BCUT2D eigenvalue weighted by Gasteiger charge is -2.34. The average Bonchev–Trinajstić information content (AvgIpc) is 2.82. The third kappa shape index (κ3) is 5.05. The number of hydrogen-bond acceptors (Lipinski definition) is 5. The van der Waals surface area contributed by atoms with Gasteiger partial charge < -0.3 is 9.80 Å². The third-order valence-corrected chi connectivity index (χ3v) is 8.00. The fourth-order valence-corrected chi connectivity index (χ4v) is 5.64. The number of piperidine rings is 1. The van der Waals surface area contributed by atoms with Crippen LogP contribution in [-0.2, 0) is 14.6 Å². The lowest BCUT2D eigenvalue weighted by atomic mass is 9.95. The predicted molar refractivity (Wildman–Crippen MR) is 128 cm³/mol. The number of aromatic nitrogens is 1. The first-order valence-electron chi connectivity index (χ1n) is 10.7. The minimum atomic E-state index is -3.51. The Morgan fingerprint density at radius 3 is 2.44 bits per heavy atom. The van der Waals surface area contributed by atoms with E-state index < -0.39 is 9.84 Å². The fourth-order valence-electron chi connectivity index (χ4n) is 4.12. The standard InChI is InChI=1S/C24H26ClN3O3S/c1-27(24(29)18-8-12-28(13-9-18)22-6-10-26-11-7-22)14-15-32(30,31)23-5-3-19-16-21(25)4-2-20(19)17-23/h2-7,10-11,16-18H,8-9,12-15H2,1H3. The zero-order valence-corrected chi connectivity index (χ0v) is 19.5. The molecule has 1 saturated heterocycles. The van der Waals surface area contributed by atoms with E-state index in [1.807, 2.05) is 18.2 Å². The molecule has 1 aromatic heterocycles. The largest absolute Gasteiger partial charge is 0.371 e. The van der Waals surface area contributed by atoms with Crippen LogP contribution >= 0.6 is 11.6 Å². The molecule has 3 aromatic rings. The number of sulfone groups is 1. The number of amides is 1. The Balaban J connectivity index is 1.34. The van der Waals surface area contributed by atoms with Crippen molar-refractivity contribution < 1.29 is 13.2 Å². The van der Waals surface area contributed by atoms with Crippen LogP contribution in [0.2, 0.25) is 5.02 Å². The average molecular weight is 472 g/mol. The number of carbonyl (C=O) groups excluding carboxylic acids is 1. The van der Waals surface area contributed by atoms with Crippen LogP contribution in [-0.4, -0.2) is 56.6 Å². The molecule has 0 saturated carbocycles. The topological polar surface area (TPSA) is 70.6 Å². The molecule has 0 spiro atoms. The molecule has 8 heteroatoms. The van der Waals surface area contributed by atoms with Gasteiger partial charge >= 0.3 is 0 Å². The molecular formula is C24H26ClN3O3S. The molecule has 4 rings (SSSR count). The summed E-state index contributed by atoms with van der Waals surface area (Å²) in [4.78, 5) is 21.0. The lowest BCUT2D eigenvalue weighted by Crippen LogP contribution is -2.42. The number of hydrogen-bond donors (Lipinski definition) is 0. The zero-order valence-electron chi connectivity index (χ0n) is 17.9. The van der Waals surface area contributed by atoms with Gasteiger partial charge in [0.1, 0.15) is 0 Å². The van der Waals surface area contributed by atoms with E-state index >= 15 is 0 Å². The Hall–Kier alpha value is -2.64. The Bertz CT molecular complexity index is 1210. The van der Waals surface area contributed by atoms with Crippen molar-refractivity contribution in [3.63, 3.8) is 0 Å².